The van der Waals surface area contributed by atoms with Crippen molar-refractivity contribution in [2.45, 2.75) is 26.7 Å². The second kappa shape index (κ2) is 10.0. The molecule has 2 rings (SSSR count). The van der Waals surface area contributed by atoms with E-state index in [1.807, 2.05) is 6.92 Å². The van der Waals surface area contributed by atoms with Crippen LogP contribution in [0.25, 0.3) is 0 Å². The van der Waals surface area contributed by atoms with E-state index in [4.69, 9.17) is 25.8 Å². The van der Waals surface area contributed by atoms with Crippen LogP contribution >= 0.6 is 11.6 Å². The Kier molecular flexibility index (Phi) is 7.72. The Morgan fingerprint density at radius 2 is 2.04 bits per heavy atom. The fourth-order valence-electron chi connectivity index (χ4n) is 2.41. The summed E-state index contributed by atoms with van der Waals surface area (Å²) in [5, 5.41) is 2.72. The summed E-state index contributed by atoms with van der Waals surface area (Å²) in [6.45, 7) is 4.77. The zero-order valence-corrected chi connectivity index (χ0v) is 16.1. The summed E-state index contributed by atoms with van der Waals surface area (Å²) >= 11 is 6.24. The van der Waals surface area contributed by atoms with Crippen LogP contribution in [0.15, 0.2) is 12.1 Å². The Labute approximate surface area is 162 Å². The number of rotatable bonds is 9. The first kappa shape index (κ1) is 20.8. The summed E-state index contributed by atoms with van der Waals surface area (Å²) in [4.78, 5) is 36.7. The number of carbonyl (C=O) groups excluding carboxylic acids is 3. The Bertz CT molecular complexity index is 709. The molecule has 1 fully saturated rings. The molecular formula is C18H23ClN2O6. The van der Waals surface area contributed by atoms with Crippen molar-refractivity contribution in [2.75, 3.05) is 32.9 Å². The predicted octanol–water partition coefficient (Wildman–Crippen LogP) is 2.63. The van der Waals surface area contributed by atoms with Gasteiger partial charge in [-0.1, -0.05) is 24.9 Å². The quantitative estimate of drug-likeness (QED) is 0.507. The van der Waals surface area contributed by atoms with Gasteiger partial charge in [0.05, 0.1) is 23.8 Å². The topological polar surface area (TPSA) is 94.2 Å². The van der Waals surface area contributed by atoms with E-state index >= 15 is 0 Å². The van der Waals surface area contributed by atoms with Crippen LogP contribution in [0.3, 0.4) is 0 Å². The lowest BCUT2D eigenvalue weighted by atomic mass is 10.2. The molecule has 0 radical (unpaired) electrons. The molecule has 0 aromatic heterocycles. The van der Waals surface area contributed by atoms with E-state index in [0.29, 0.717) is 31.3 Å². The Hall–Kier alpha value is -2.48. The van der Waals surface area contributed by atoms with Gasteiger partial charge in [-0.2, -0.15) is 0 Å². The maximum absolute atomic E-state index is 12.3. The molecule has 0 unspecified atom stereocenters. The fourth-order valence-corrected chi connectivity index (χ4v) is 2.67. The van der Waals surface area contributed by atoms with Crippen molar-refractivity contribution in [3.8, 4) is 11.5 Å². The maximum Gasteiger partial charge on any atom is 0.338 e. The number of nitrogens with one attached hydrogen (secondary N) is 1. The molecule has 1 aromatic carbocycles. The highest BCUT2D eigenvalue weighted by Crippen LogP contribution is 2.37. The average molecular weight is 399 g/mol. The minimum Gasteiger partial charge on any atom is -0.490 e. The summed E-state index contributed by atoms with van der Waals surface area (Å²) in [6, 6.07) is 2.37. The average Bonchev–Trinajstić information content (AvgIpc) is 3.07. The van der Waals surface area contributed by atoms with Crippen LogP contribution in [0.2, 0.25) is 5.02 Å². The largest absolute Gasteiger partial charge is 0.490 e. The number of urea groups is 1. The highest BCUT2D eigenvalue weighted by atomic mass is 35.5. The van der Waals surface area contributed by atoms with Crippen LogP contribution in [0.5, 0.6) is 11.5 Å². The molecule has 0 aliphatic carbocycles. The number of halogens is 1. The maximum atomic E-state index is 12.3. The third kappa shape index (κ3) is 5.50. The first-order valence-electron chi connectivity index (χ1n) is 8.82. The number of hydrogen-bond acceptors (Lipinski definition) is 6. The van der Waals surface area contributed by atoms with Crippen LogP contribution in [0.1, 0.15) is 37.0 Å². The van der Waals surface area contributed by atoms with Gasteiger partial charge in [-0.15, -0.1) is 0 Å². The molecule has 0 bridgehead atoms. The normalized spacial score (nSPS) is 13.3. The van der Waals surface area contributed by atoms with Gasteiger partial charge in [0.15, 0.2) is 18.1 Å². The lowest BCUT2D eigenvalue weighted by Gasteiger charge is -2.15. The lowest BCUT2D eigenvalue weighted by Crippen LogP contribution is -2.37. The number of unbranched alkanes of at least 4 members (excludes halogenated alkanes) is 1. The van der Waals surface area contributed by atoms with Gasteiger partial charge in [0.25, 0.3) is 5.91 Å². The van der Waals surface area contributed by atoms with Crippen molar-refractivity contribution >= 4 is 29.5 Å². The highest BCUT2D eigenvalue weighted by Gasteiger charge is 2.27. The molecular weight excluding hydrogens is 376 g/mol. The van der Waals surface area contributed by atoms with Crippen LogP contribution < -0.4 is 14.8 Å². The smallest absolute Gasteiger partial charge is 0.338 e. The van der Waals surface area contributed by atoms with Gasteiger partial charge in [0.1, 0.15) is 0 Å². The van der Waals surface area contributed by atoms with Crippen molar-refractivity contribution in [1.82, 2.24) is 10.2 Å². The van der Waals surface area contributed by atoms with E-state index in [-0.39, 0.29) is 17.1 Å². The number of esters is 1. The van der Waals surface area contributed by atoms with Crippen LogP contribution in [-0.2, 0) is 9.53 Å². The molecule has 27 heavy (non-hydrogen) atoms. The van der Waals surface area contributed by atoms with E-state index in [0.717, 1.165) is 17.7 Å². The molecule has 1 aliphatic rings. The summed E-state index contributed by atoms with van der Waals surface area (Å²) in [5.41, 5.74) is 0.130. The number of imide groups is 1. The van der Waals surface area contributed by atoms with Gasteiger partial charge in [0.2, 0.25) is 0 Å². The second-order valence-electron chi connectivity index (χ2n) is 5.77. The zero-order valence-electron chi connectivity index (χ0n) is 15.4. The lowest BCUT2D eigenvalue weighted by molar-refractivity contribution is -0.130. The summed E-state index contributed by atoms with van der Waals surface area (Å²) in [7, 11) is 0. The third-order valence-corrected chi connectivity index (χ3v) is 4.05. The Morgan fingerprint density at radius 1 is 1.26 bits per heavy atom. The molecule has 1 N–H and O–H groups in total. The number of ether oxygens (including phenoxy) is 3. The van der Waals surface area contributed by atoms with E-state index in [9.17, 15) is 14.4 Å². The van der Waals surface area contributed by atoms with Crippen molar-refractivity contribution in [1.29, 1.82) is 0 Å². The zero-order chi connectivity index (χ0) is 19.8. The van der Waals surface area contributed by atoms with Gasteiger partial charge in [0, 0.05) is 13.1 Å². The number of amides is 3. The molecule has 3 amide bonds. The molecule has 148 valence electrons. The van der Waals surface area contributed by atoms with E-state index in [2.05, 4.69) is 5.32 Å². The molecule has 1 saturated heterocycles. The van der Waals surface area contributed by atoms with Crippen LogP contribution in [0, 0.1) is 0 Å². The molecule has 1 aromatic rings. The number of nitrogens with zero attached hydrogens (tertiary/aromatic N) is 1. The standard InChI is InChI=1S/C18H23ClN2O6/c1-3-5-8-26-16-13(19)9-12(10-14(16)25-4-2)17(23)27-11-15(22)21-7-6-20-18(21)24/h9-10H,3-8,11H2,1-2H3,(H,20,24). The minimum atomic E-state index is -0.745. The molecule has 8 nitrogen and oxygen atoms in total. The van der Waals surface area contributed by atoms with E-state index in [1.54, 1.807) is 6.92 Å². The summed E-state index contributed by atoms with van der Waals surface area (Å²) in [6.07, 6.45) is 1.83. The summed E-state index contributed by atoms with van der Waals surface area (Å²) in [5.74, 6) is -0.633. The van der Waals surface area contributed by atoms with Gasteiger partial charge >= 0.3 is 12.0 Å². The highest BCUT2D eigenvalue weighted by molar-refractivity contribution is 6.32. The van der Waals surface area contributed by atoms with Crippen molar-refractivity contribution < 1.29 is 28.6 Å². The second-order valence-corrected chi connectivity index (χ2v) is 6.18. The fraction of sp³-hybridized carbons (Fsp3) is 0.500. The molecule has 1 heterocycles. The minimum absolute atomic E-state index is 0.130. The molecule has 1 aliphatic heterocycles. The third-order valence-electron chi connectivity index (χ3n) is 3.77. The van der Waals surface area contributed by atoms with Gasteiger partial charge in [-0.05, 0) is 25.5 Å². The monoisotopic (exact) mass is 398 g/mol. The number of benzene rings is 1. The first-order chi connectivity index (χ1) is 13.0. The molecule has 0 atom stereocenters. The van der Waals surface area contributed by atoms with Gasteiger partial charge in [-0.25, -0.2) is 9.59 Å². The molecule has 0 saturated carbocycles. The number of carbonyl (C=O) groups is 3. The van der Waals surface area contributed by atoms with Crippen molar-refractivity contribution in [3.05, 3.63) is 22.7 Å². The number of hydrogen-bond donors (Lipinski definition) is 1. The predicted molar refractivity (Wildman–Crippen MR) is 98.4 cm³/mol. The van der Waals surface area contributed by atoms with Crippen LogP contribution in [-0.4, -0.2) is 55.7 Å². The first-order valence-corrected chi connectivity index (χ1v) is 9.20. The van der Waals surface area contributed by atoms with Crippen molar-refractivity contribution in [3.63, 3.8) is 0 Å². The van der Waals surface area contributed by atoms with E-state index < -0.39 is 24.5 Å². The van der Waals surface area contributed by atoms with E-state index in [1.165, 1.54) is 12.1 Å². The van der Waals surface area contributed by atoms with Gasteiger partial charge < -0.3 is 19.5 Å². The molecule has 0 spiro atoms. The molecule has 9 heteroatoms. The Balaban J connectivity index is 2.06. The summed E-state index contributed by atoms with van der Waals surface area (Å²) < 4.78 is 16.2. The van der Waals surface area contributed by atoms with Crippen LogP contribution in [0.4, 0.5) is 4.79 Å². The Morgan fingerprint density at radius 3 is 2.67 bits per heavy atom. The SMILES string of the molecule is CCCCOc1c(Cl)cc(C(=O)OCC(=O)N2CCNC2=O)cc1OCC. The van der Waals surface area contributed by atoms with Gasteiger partial charge in [-0.3, -0.25) is 9.69 Å². The van der Waals surface area contributed by atoms with Crippen molar-refractivity contribution in [2.24, 2.45) is 0 Å².